The number of aromatic nitrogens is 4. The van der Waals surface area contributed by atoms with Crippen LogP contribution in [0.15, 0.2) is 16.9 Å². The topological polar surface area (TPSA) is 81.4 Å². The van der Waals surface area contributed by atoms with Crippen molar-refractivity contribution in [2.24, 2.45) is 12.8 Å². The van der Waals surface area contributed by atoms with Crippen LogP contribution < -0.4 is 16.3 Å². The number of anilines is 1. The molecule has 18 heavy (non-hydrogen) atoms. The van der Waals surface area contributed by atoms with Crippen molar-refractivity contribution in [1.82, 2.24) is 19.4 Å². The van der Waals surface area contributed by atoms with E-state index in [2.05, 4.69) is 15.1 Å². The van der Waals surface area contributed by atoms with Crippen LogP contribution in [0.4, 0.5) is 5.82 Å². The zero-order valence-corrected chi connectivity index (χ0v) is 10.3. The number of hydrogen-bond donors (Lipinski definition) is 1. The van der Waals surface area contributed by atoms with Crippen molar-refractivity contribution >= 4 is 11.5 Å². The summed E-state index contributed by atoms with van der Waals surface area (Å²) in [6.07, 6.45) is 2.11. The molecule has 7 nitrogen and oxygen atoms in total. The fourth-order valence-corrected chi connectivity index (χ4v) is 2.34. The Kier molecular flexibility index (Phi) is 2.55. The molecule has 0 aromatic carbocycles. The van der Waals surface area contributed by atoms with Crippen molar-refractivity contribution in [2.75, 3.05) is 18.0 Å². The fraction of sp³-hybridized carbons (Fsp3) is 0.545. The van der Waals surface area contributed by atoms with Crippen LogP contribution in [0.3, 0.4) is 0 Å². The highest BCUT2D eigenvalue weighted by Crippen LogP contribution is 2.16. The Morgan fingerprint density at radius 1 is 1.39 bits per heavy atom. The number of nitrogens with zero attached hydrogens (tertiary/aromatic N) is 5. The average molecular weight is 248 g/mol. The molecule has 1 fully saturated rings. The summed E-state index contributed by atoms with van der Waals surface area (Å²) < 4.78 is 2.61. The molecule has 7 heteroatoms. The lowest BCUT2D eigenvalue weighted by Gasteiger charge is -2.31. The minimum absolute atomic E-state index is 0.182. The second-order valence-corrected chi connectivity index (χ2v) is 4.72. The first kappa shape index (κ1) is 11.2. The number of hydrogen-bond acceptors (Lipinski definition) is 5. The minimum atomic E-state index is -0.229. The summed E-state index contributed by atoms with van der Waals surface area (Å²) in [6.45, 7) is 1.72. The molecule has 0 aliphatic carbocycles. The molecule has 96 valence electrons. The standard InChI is InChI=1S/C11H16N6O/c1-15-11(18)17-10(13-15)5-4-9(14-17)16-6-2-3-8(12)7-16/h4-5,8H,2-3,6-7,12H2,1H3. The second-order valence-electron chi connectivity index (χ2n) is 4.72. The van der Waals surface area contributed by atoms with Crippen molar-refractivity contribution in [3.8, 4) is 0 Å². The van der Waals surface area contributed by atoms with Crippen LogP contribution in [0.1, 0.15) is 12.8 Å². The number of piperidine rings is 1. The van der Waals surface area contributed by atoms with Gasteiger partial charge in [0, 0.05) is 26.2 Å². The predicted molar refractivity (Wildman–Crippen MR) is 67.7 cm³/mol. The Hall–Kier alpha value is -1.89. The molecule has 2 aromatic heterocycles. The maximum absolute atomic E-state index is 11.8. The third-order valence-electron chi connectivity index (χ3n) is 3.29. The van der Waals surface area contributed by atoms with Crippen LogP contribution in [-0.2, 0) is 7.05 Å². The summed E-state index contributed by atoms with van der Waals surface area (Å²) in [6, 6.07) is 3.88. The van der Waals surface area contributed by atoms with Crippen LogP contribution in [0.5, 0.6) is 0 Å². The fourth-order valence-electron chi connectivity index (χ4n) is 2.34. The largest absolute Gasteiger partial charge is 0.366 e. The van der Waals surface area contributed by atoms with E-state index in [9.17, 15) is 4.79 Å². The van der Waals surface area contributed by atoms with Crippen molar-refractivity contribution < 1.29 is 0 Å². The molecule has 2 aromatic rings. The first-order chi connectivity index (χ1) is 8.65. The summed E-state index contributed by atoms with van der Waals surface area (Å²) >= 11 is 0. The highest BCUT2D eigenvalue weighted by atomic mass is 16.2. The van der Waals surface area contributed by atoms with Crippen molar-refractivity contribution in [3.05, 3.63) is 22.6 Å². The van der Waals surface area contributed by atoms with Crippen LogP contribution in [0.25, 0.3) is 5.65 Å². The van der Waals surface area contributed by atoms with Crippen LogP contribution >= 0.6 is 0 Å². The molecule has 1 saturated heterocycles. The van der Waals surface area contributed by atoms with Crippen LogP contribution in [-0.4, -0.2) is 38.5 Å². The Balaban J connectivity index is 2.02. The quantitative estimate of drug-likeness (QED) is 0.725. The summed E-state index contributed by atoms with van der Waals surface area (Å²) in [5, 5.41) is 8.42. The molecule has 0 bridgehead atoms. The second kappa shape index (κ2) is 4.09. The Labute approximate surface area is 104 Å². The SMILES string of the molecule is Cn1nc2ccc(N3CCCC(N)C3)nn2c1=O. The van der Waals surface area contributed by atoms with Crippen molar-refractivity contribution in [3.63, 3.8) is 0 Å². The molecule has 0 saturated carbocycles. The molecule has 0 radical (unpaired) electrons. The third-order valence-corrected chi connectivity index (χ3v) is 3.29. The van der Waals surface area contributed by atoms with E-state index in [0.717, 1.165) is 31.7 Å². The van der Waals surface area contributed by atoms with Gasteiger partial charge in [0.2, 0.25) is 0 Å². The van der Waals surface area contributed by atoms with Gasteiger partial charge < -0.3 is 10.6 Å². The van der Waals surface area contributed by atoms with Crippen LogP contribution in [0, 0.1) is 0 Å². The summed E-state index contributed by atoms with van der Waals surface area (Å²) in [4.78, 5) is 13.9. The van der Waals surface area contributed by atoms with E-state index in [0.29, 0.717) is 5.65 Å². The first-order valence-electron chi connectivity index (χ1n) is 6.09. The van der Waals surface area contributed by atoms with E-state index in [4.69, 9.17) is 5.73 Å². The summed E-state index contributed by atoms with van der Waals surface area (Å²) in [5.41, 5.74) is 6.29. The zero-order chi connectivity index (χ0) is 12.7. The van der Waals surface area contributed by atoms with Gasteiger partial charge in [-0.15, -0.1) is 10.2 Å². The summed E-state index contributed by atoms with van der Waals surface area (Å²) in [5.74, 6) is 0.785. The molecule has 3 heterocycles. The molecule has 0 amide bonds. The maximum Gasteiger partial charge on any atom is 0.366 e. The number of aryl methyl sites for hydroxylation is 1. The van der Waals surface area contributed by atoms with Gasteiger partial charge in [0.05, 0.1) is 0 Å². The van der Waals surface area contributed by atoms with Gasteiger partial charge in [-0.3, -0.25) is 0 Å². The highest BCUT2D eigenvalue weighted by Gasteiger charge is 2.18. The average Bonchev–Trinajstić information content (AvgIpc) is 2.65. The van der Waals surface area contributed by atoms with Gasteiger partial charge >= 0.3 is 5.69 Å². The van der Waals surface area contributed by atoms with E-state index in [-0.39, 0.29) is 11.7 Å². The number of rotatable bonds is 1. The van der Waals surface area contributed by atoms with Gasteiger partial charge in [-0.1, -0.05) is 0 Å². The van der Waals surface area contributed by atoms with E-state index in [1.165, 1.54) is 9.20 Å². The molecule has 1 unspecified atom stereocenters. The van der Waals surface area contributed by atoms with Gasteiger partial charge in [0.25, 0.3) is 0 Å². The van der Waals surface area contributed by atoms with Gasteiger partial charge in [0.15, 0.2) is 5.65 Å². The maximum atomic E-state index is 11.8. The van der Waals surface area contributed by atoms with Crippen molar-refractivity contribution in [1.29, 1.82) is 0 Å². The highest BCUT2D eigenvalue weighted by molar-refractivity contribution is 5.45. The van der Waals surface area contributed by atoms with Gasteiger partial charge in [-0.25, -0.2) is 9.48 Å². The lowest BCUT2D eigenvalue weighted by Crippen LogP contribution is -2.43. The molecular weight excluding hydrogens is 232 g/mol. The zero-order valence-electron chi connectivity index (χ0n) is 10.3. The smallest absolute Gasteiger partial charge is 0.354 e. The molecule has 1 aliphatic heterocycles. The lowest BCUT2D eigenvalue weighted by molar-refractivity contribution is 0.501. The summed E-state index contributed by atoms with van der Waals surface area (Å²) in [7, 11) is 1.62. The van der Waals surface area contributed by atoms with Crippen molar-refractivity contribution in [2.45, 2.75) is 18.9 Å². The normalized spacial score (nSPS) is 20.6. The van der Waals surface area contributed by atoms with Crippen LogP contribution in [0.2, 0.25) is 0 Å². The monoisotopic (exact) mass is 248 g/mol. The van der Waals surface area contributed by atoms with Gasteiger partial charge in [-0.05, 0) is 25.0 Å². The molecule has 1 atom stereocenters. The Morgan fingerprint density at radius 2 is 2.22 bits per heavy atom. The van der Waals surface area contributed by atoms with E-state index < -0.39 is 0 Å². The number of fused-ring (bicyclic) bond motifs is 1. The molecule has 0 spiro atoms. The number of nitrogens with two attached hydrogens (primary N) is 1. The molecule has 3 rings (SSSR count). The predicted octanol–water partition coefficient (Wildman–Crippen LogP) is -0.644. The Morgan fingerprint density at radius 3 is 3.00 bits per heavy atom. The molecule has 2 N–H and O–H groups in total. The van der Waals surface area contributed by atoms with Gasteiger partial charge in [0.1, 0.15) is 5.82 Å². The van der Waals surface area contributed by atoms with E-state index in [1.807, 2.05) is 12.1 Å². The van der Waals surface area contributed by atoms with Gasteiger partial charge in [-0.2, -0.15) is 4.52 Å². The molecular formula is C11H16N6O. The van der Waals surface area contributed by atoms with E-state index in [1.54, 1.807) is 7.05 Å². The van der Waals surface area contributed by atoms with E-state index >= 15 is 0 Å². The third kappa shape index (κ3) is 1.76. The minimum Gasteiger partial charge on any atom is -0.354 e. The first-order valence-corrected chi connectivity index (χ1v) is 6.09. The lowest BCUT2D eigenvalue weighted by atomic mass is 10.1. The Bertz CT molecular complexity index is 630. The molecule has 1 aliphatic rings.